The van der Waals surface area contributed by atoms with E-state index >= 15 is 0 Å². The lowest BCUT2D eigenvalue weighted by Crippen LogP contribution is -1.95. The van der Waals surface area contributed by atoms with Crippen molar-refractivity contribution in [3.8, 4) is 0 Å². The van der Waals surface area contributed by atoms with Gasteiger partial charge in [-0.2, -0.15) is 0 Å². The highest BCUT2D eigenvalue weighted by Crippen LogP contribution is 2.13. The highest BCUT2D eigenvalue weighted by atomic mass is 14.6. The van der Waals surface area contributed by atoms with Gasteiger partial charge in [0.25, 0.3) is 0 Å². The fourth-order valence-corrected chi connectivity index (χ4v) is 2.42. The number of hydrogen-bond acceptors (Lipinski definition) is 3. The molecule has 0 aromatic carbocycles. The quantitative estimate of drug-likeness (QED) is 0.733. The second-order valence-corrected chi connectivity index (χ2v) is 5.22. The Morgan fingerprint density at radius 2 is 1.38 bits per heavy atom. The summed E-state index contributed by atoms with van der Waals surface area (Å²) in [7, 11) is 0. The summed E-state index contributed by atoms with van der Waals surface area (Å²) in [5.74, 6) is 0. The molecule has 0 unspecified atom stereocenters. The monoisotopic (exact) mass is 275 g/mol. The molecular weight excluding hydrogens is 258 g/mol. The van der Waals surface area contributed by atoms with E-state index in [0.29, 0.717) is 0 Å². The standard InChI is InChI=1S/C18H17N3/c1-14-8-16(4-7-21-14)10-18-11-17(12-20-13-18)9-15-2-5-19-6-3-15/h2-8,11-13H,9-10H2,1H3. The van der Waals surface area contributed by atoms with Crippen LogP contribution < -0.4 is 0 Å². The third-order valence-corrected chi connectivity index (χ3v) is 3.38. The average Bonchev–Trinajstić information content (AvgIpc) is 2.49. The Morgan fingerprint density at radius 1 is 0.714 bits per heavy atom. The average molecular weight is 275 g/mol. The maximum absolute atomic E-state index is 4.37. The molecule has 0 spiro atoms. The van der Waals surface area contributed by atoms with Gasteiger partial charge in [0, 0.05) is 36.7 Å². The van der Waals surface area contributed by atoms with Crippen LogP contribution in [0.4, 0.5) is 0 Å². The van der Waals surface area contributed by atoms with Crippen LogP contribution in [-0.2, 0) is 12.8 Å². The molecule has 3 heterocycles. The third kappa shape index (κ3) is 3.72. The van der Waals surface area contributed by atoms with Gasteiger partial charge in [0.2, 0.25) is 0 Å². The maximum atomic E-state index is 4.37. The van der Waals surface area contributed by atoms with Gasteiger partial charge in [-0.05, 0) is 66.3 Å². The number of pyridine rings is 3. The van der Waals surface area contributed by atoms with Gasteiger partial charge in [0.1, 0.15) is 0 Å². The van der Waals surface area contributed by atoms with E-state index in [4.69, 9.17) is 0 Å². The minimum Gasteiger partial charge on any atom is -0.265 e. The Bertz CT molecular complexity index is 723. The molecule has 3 aromatic heterocycles. The first-order chi connectivity index (χ1) is 10.3. The summed E-state index contributed by atoms with van der Waals surface area (Å²) in [5.41, 5.74) is 6.03. The fraction of sp³-hybridized carbons (Fsp3) is 0.167. The minimum atomic E-state index is 0.888. The van der Waals surface area contributed by atoms with Crippen molar-refractivity contribution in [3.05, 3.63) is 89.3 Å². The second-order valence-electron chi connectivity index (χ2n) is 5.22. The zero-order chi connectivity index (χ0) is 14.5. The molecule has 21 heavy (non-hydrogen) atoms. The summed E-state index contributed by atoms with van der Waals surface area (Å²) in [6.07, 6.45) is 11.2. The molecule has 0 bridgehead atoms. The predicted molar refractivity (Wildman–Crippen MR) is 83.1 cm³/mol. The second kappa shape index (κ2) is 6.27. The van der Waals surface area contributed by atoms with E-state index in [1.165, 1.54) is 22.3 Å². The van der Waals surface area contributed by atoms with Crippen LogP contribution in [0.15, 0.2) is 61.3 Å². The summed E-state index contributed by atoms with van der Waals surface area (Å²) in [6.45, 7) is 2.02. The van der Waals surface area contributed by atoms with E-state index in [1.54, 1.807) is 0 Å². The Hall–Kier alpha value is -2.55. The molecule has 104 valence electrons. The molecule has 0 amide bonds. The molecule has 0 aliphatic carbocycles. The highest BCUT2D eigenvalue weighted by molar-refractivity contribution is 5.29. The van der Waals surface area contributed by atoms with Gasteiger partial charge < -0.3 is 0 Å². The molecule has 3 nitrogen and oxygen atoms in total. The zero-order valence-corrected chi connectivity index (χ0v) is 12.0. The van der Waals surface area contributed by atoms with Crippen LogP contribution in [-0.4, -0.2) is 15.0 Å². The van der Waals surface area contributed by atoms with E-state index in [2.05, 4.69) is 33.2 Å². The van der Waals surface area contributed by atoms with Gasteiger partial charge in [0.05, 0.1) is 0 Å². The molecule has 3 heteroatoms. The SMILES string of the molecule is Cc1cc(Cc2cncc(Cc3ccncc3)c2)ccn1. The molecular formula is C18H17N3. The van der Waals surface area contributed by atoms with Crippen molar-refractivity contribution < 1.29 is 0 Å². The number of nitrogens with zero attached hydrogens (tertiary/aromatic N) is 3. The first-order valence-electron chi connectivity index (χ1n) is 7.03. The van der Waals surface area contributed by atoms with Gasteiger partial charge in [-0.3, -0.25) is 15.0 Å². The largest absolute Gasteiger partial charge is 0.265 e. The molecule has 0 atom stereocenters. The molecule has 3 aromatic rings. The number of aromatic nitrogens is 3. The van der Waals surface area contributed by atoms with E-state index in [9.17, 15) is 0 Å². The van der Waals surface area contributed by atoms with Crippen LogP contribution in [0, 0.1) is 6.92 Å². The first kappa shape index (κ1) is 13.4. The van der Waals surface area contributed by atoms with Gasteiger partial charge in [0.15, 0.2) is 0 Å². The van der Waals surface area contributed by atoms with Crippen molar-refractivity contribution in [2.75, 3.05) is 0 Å². The van der Waals surface area contributed by atoms with Crippen molar-refractivity contribution in [3.63, 3.8) is 0 Å². The molecule has 0 N–H and O–H groups in total. The van der Waals surface area contributed by atoms with Crippen LogP contribution in [0.1, 0.15) is 27.9 Å². The minimum absolute atomic E-state index is 0.888. The topological polar surface area (TPSA) is 38.7 Å². The van der Waals surface area contributed by atoms with Gasteiger partial charge in [-0.15, -0.1) is 0 Å². The number of rotatable bonds is 4. The van der Waals surface area contributed by atoms with Crippen LogP contribution in [0.2, 0.25) is 0 Å². The Labute approximate surface area is 124 Å². The summed E-state index contributed by atoms with van der Waals surface area (Å²) in [5, 5.41) is 0. The normalized spacial score (nSPS) is 10.5. The van der Waals surface area contributed by atoms with Gasteiger partial charge >= 0.3 is 0 Å². The Morgan fingerprint density at radius 3 is 2.10 bits per heavy atom. The number of aryl methyl sites for hydroxylation is 1. The fourth-order valence-electron chi connectivity index (χ4n) is 2.42. The van der Waals surface area contributed by atoms with Crippen LogP contribution in [0.5, 0.6) is 0 Å². The predicted octanol–water partition coefficient (Wildman–Crippen LogP) is 3.36. The van der Waals surface area contributed by atoms with Crippen LogP contribution in [0.3, 0.4) is 0 Å². The molecule has 0 saturated carbocycles. The van der Waals surface area contributed by atoms with Gasteiger partial charge in [-0.1, -0.05) is 6.07 Å². The lowest BCUT2D eigenvalue weighted by atomic mass is 10.0. The Balaban J connectivity index is 1.77. The van der Waals surface area contributed by atoms with Crippen molar-refractivity contribution in [1.29, 1.82) is 0 Å². The summed E-state index contributed by atoms with van der Waals surface area (Å²) >= 11 is 0. The lowest BCUT2D eigenvalue weighted by Gasteiger charge is -2.06. The smallest absolute Gasteiger partial charge is 0.0375 e. The zero-order valence-electron chi connectivity index (χ0n) is 12.0. The van der Waals surface area contributed by atoms with E-state index in [0.717, 1.165) is 18.5 Å². The third-order valence-electron chi connectivity index (χ3n) is 3.38. The molecule has 3 rings (SSSR count). The van der Waals surface area contributed by atoms with Crippen molar-refractivity contribution in [2.45, 2.75) is 19.8 Å². The molecule has 0 saturated heterocycles. The Kier molecular flexibility index (Phi) is 4.01. The first-order valence-corrected chi connectivity index (χ1v) is 7.03. The molecule has 0 fully saturated rings. The van der Waals surface area contributed by atoms with Crippen LogP contribution >= 0.6 is 0 Å². The summed E-state index contributed by atoms with van der Waals surface area (Å²) in [4.78, 5) is 12.6. The molecule has 0 aliphatic rings. The van der Waals surface area contributed by atoms with E-state index in [-0.39, 0.29) is 0 Å². The van der Waals surface area contributed by atoms with Crippen molar-refractivity contribution in [2.24, 2.45) is 0 Å². The summed E-state index contributed by atoms with van der Waals surface area (Å²) < 4.78 is 0. The van der Waals surface area contributed by atoms with E-state index in [1.807, 2.05) is 50.0 Å². The van der Waals surface area contributed by atoms with Crippen LogP contribution in [0.25, 0.3) is 0 Å². The number of hydrogen-bond donors (Lipinski definition) is 0. The van der Waals surface area contributed by atoms with E-state index < -0.39 is 0 Å². The highest BCUT2D eigenvalue weighted by Gasteiger charge is 2.01. The van der Waals surface area contributed by atoms with Crippen molar-refractivity contribution >= 4 is 0 Å². The molecule has 0 radical (unpaired) electrons. The molecule has 0 aliphatic heterocycles. The van der Waals surface area contributed by atoms with Gasteiger partial charge in [-0.25, -0.2) is 0 Å². The lowest BCUT2D eigenvalue weighted by molar-refractivity contribution is 1.07. The summed E-state index contributed by atoms with van der Waals surface area (Å²) in [6, 6.07) is 10.5. The maximum Gasteiger partial charge on any atom is 0.0375 e. The van der Waals surface area contributed by atoms with Crippen molar-refractivity contribution in [1.82, 2.24) is 15.0 Å².